The molecule has 4 N–H and O–H groups in total. The Labute approximate surface area is 106 Å². The lowest BCUT2D eigenvalue weighted by molar-refractivity contribution is -0.141. The van der Waals surface area contributed by atoms with Gasteiger partial charge < -0.3 is 21.1 Å². The van der Waals surface area contributed by atoms with Crippen molar-refractivity contribution in [3.63, 3.8) is 0 Å². The summed E-state index contributed by atoms with van der Waals surface area (Å²) in [6, 6.07) is -0.453. The van der Waals surface area contributed by atoms with Crippen LogP contribution in [0.15, 0.2) is 0 Å². The van der Waals surface area contributed by atoms with Crippen molar-refractivity contribution in [2.75, 3.05) is 13.1 Å². The number of carbonyl (C=O) groups excluding carboxylic acids is 2. The Morgan fingerprint density at radius 1 is 1.11 bits per heavy atom. The highest BCUT2D eigenvalue weighted by Crippen LogP contribution is 1.99. The second-order valence-corrected chi connectivity index (χ2v) is 4.36. The molecule has 0 spiro atoms. The van der Waals surface area contributed by atoms with Crippen molar-refractivity contribution in [2.24, 2.45) is 5.92 Å². The topological polar surface area (TPSA) is 108 Å². The molecule has 0 bridgehead atoms. The Hall–Kier alpha value is -1.79. The van der Waals surface area contributed by atoms with Crippen LogP contribution < -0.4 is 16.0 Å². The van der Waals surface area contributed by atoms with Crippen LogP contribution in [-0.2, 0) is 9.59 Å². The van der Waals surface area contributed by atoms with Crippen LogP contribution in [0.4, 0.5) is 4.79 Å². The lowest BCUT2D eigenvalue weighted by atomic mass is 10.1. The molecule has 0 saturated heterocycles. The third-order valence-electron chi connectivity index (χ3n) is 2.14. The fraction of sp³-hybridized carbons (Fsp3) is 0.727. The maximum atomic E-state index is 11.2. The first kappa shape index (κ1) is 16.2. The third kappa shape index (κ3) is 8.37. The summed E-state index contributed by atoms with van der Waals surface area (Å²) < 4.78 is 0. The van der Waals surface area contributed by atoms with E-state index in [1.807, 2.05) is 13.8 Å². The maximum absolute atomic E-state index is 11.2. The van der Waals surface area contributed by atoms with Gasteiger partial charge in [0, 0.05) is 12.6 Å². The normalized spacial score (nSPS) is 11.8. The lowest BCUT2D eigenvalue weighted by Gasteiger charge is -2.11. The summed E-state index contributed by atoms with van der Waals surface area (Å²) in [6.07, 6.45) is 0.348. The van der Waals surface area contributed by atoms with Crippen molar-refractivity contribution >= 4 is 17.9 Å². The average molecular weight is 259 g/mol. The Bertz CT molecular complexity index is 305. The second kappa shape index (κ2) is 8.32. The van der Waals surface area contributed by atoms with Crippen molar-refractivity contribution in [2.45, 2.75) is 33.2 Å². The SMILES string of the molecule is CC(C)NC(=O)CNC(=O)NCCC(C)C(=O)O. The summed E-state index contributed by atoms with van der Waals surface area (Å²) in [7, 11) is 0. The van der Waals surface area contributed by atoms with E-state index in [0.717, 1.165) is 0 Å². The minimum atomic E-state index is -0.895. The van der Waals surface area contributed by atoms with E-state index < -0.39 is 17.9 Å². The summed E-state index contributed by atoms with van der Waals surface area (Å²) in [5.74, 6) is -1.66. The largest absolute Gasteiger partial charge is 0.481 e. The highest BCUT2D eigenvalue weighted by Gasteiger charge is 2.11. The monoisotopic (exact) mass is 259 g/mol. The average Bonchev–Trinajstić information content (AvgIpc) is 2.25. The molecule has 1 unspecified atom stereocenters. The quantitative estimate of drug-likeness (QED) is 0.513. The van der Waals surface area contributed by atoms with E-state index in [0.29, 0.717) is 6.42 Å². The molecule has 0 aromatic carbocycles. The third-order valence-corrected chi connectivity index (χ3v) is 2.14. The van der Waals surface area contributed by atoms with Gasteiger partial charge in [0.15, 0.2) is 0 Å². The van der Waals surface area contributed by atoms with E-state index >= 15 is 0 Å². The highest BCUT2D eigenvalue weighted by molar-refractivity contribution is 5.84. The fourth-order valence-corrected chi connectivity index (χ4v) is 1.12. The molecule has 104 valence electrons. The van der Waals surface area contributed by atoms with E-state index in [2.05, 4.69) is 16.0 Å². The number of amides is 3. The molecule has 0 saturated carbocycles. The number of carboxylic acids is 1. The number of carboxylic acid groups (broad SMARTS) is 1. The first-order valence-corrected chi connectivity index (χ1v) is 5.86. The van der Waals surface area contributed by atoms with E-state index in [-0.39, 0.29) is 25.0 Å². The standard InChI is InChI=1S/C11H21N3O4/c1-7(2)14-9(15)6-13-11(18)12-5-4-8(3)10(16)17/h7-8H,4-6H2,1-3H3,(H,14,15)(H,16,17)(H2,12,13,18). The van der Waals surface area contributed by atoms with Gasteiger partial charge in [-0.25, -0.2) is 4.79 Å². The molecule has 0 fully saturated rings. The first-order valence-electron chi connectivity index (χ1n) is 5.86. The number of hydrogen-bond donors (Lipinski definition) is 4. The van der Waals surface area contributed by atoms with Gasteiger partial charge in [0.05, 0.1) is 12.5 Å². The molecule has 7 nitrogen and oxygen atoms in total. The van der Waals surface area contributed by atoms with Crippen LogP contribution in [0.25, 0.3) is 0 Å². The highest BCUT2D eigenvalue weighted by atomic mass is 16.4. The molecule has 0 aliphatic carbocycles. The van der Waals surface area contributed by atoms with Crippen LogP contribution in [0.1, 0.15) is 27.2 Å². The van der Waals surface area contributed by atoms with E-state index in [9.17, 15) is 14.4 Å². The summed E-state index contributed by atoms with van der Waals surface area (Å²) in [5.41, 5.74) is 0. The molecule has 0 aromatic rings. The molecule has 0 rings (SSSR count). The maximum Gasteiger partial charge on any atom is 0.315 e. The van der Waals surface area contributed by atoms with Crippen molar-refractivity contribution in [1.29, 1.82) is 0 Å². The van der Waals surface area contributed by atoms with Crippen molar-refractivity contribution in [3.05, 3.63) is 0 Å². The van der Waals surface area contributed by atoms with Gasteiger partial charge in [0.25, 0.3) is 0 Å². The first-order chi connectivity index (χ1) is 8.32. The van der Waals surface area contributed by atoms with Crippen LogP contribution in [0.5, 0.6) is 0 Å². The van der Waals surface area contributed by atoms with Crippen LogP contribution >= 0.6 is 0 Å². The molecule has 0 aliphatic heterocycles. The van der Waals surface area contributed by atoms with Gasteiger partial charge in [0.2, 0.25) is 5.91 Å². The van der Waals surface area contributed by atoms with Gasteiger partial charge >= 0.3 is 12.0 Å². The smallest absolute Gasteiger partial charge is 0.315 e. The lowest BCUT2D eigenvalue weighted by Crippen LogP contribution is -2.44. The molecule has 7 heteroatoms. The molecule has 3 amide bonds. The number of hydrogen-bond acceptors (Lipinski definition) is 3. The number of carbonyl (C=O) groups is 3. The minimum Gasteiger partial charge on any atom is -0.481 e. The summed E-state index contributed by atoms with van der Waals surface area (Å²) >= 11 is 0. The molecule has 1 atom stereocenters. The number of aliphatic carboxylic acids is 1. The van der Waals surface area contributed by atoms with Crippen molar-refractivity contribution in [1.82, 2.24) is 16.0 Å². The number of nitrogens with one attached hydrogen (secondary N) is 3. The zero-order valence-electron chi connectivity index (χ0n) is 10.9. The zero-order valence-corrected chi connectivity index (χ0v) is 10.9. The van der Waals surface area contributed by atoms with Crippen molar-refractivity contribution in [3.8, 4) is 0 Å². The molecule has 0 heterocycles. The van der Waals surface area contributed by atoms with Gasteiger partial charge in [-0.05, 0) is 20.3 Å². The Morgan fingerprint density at radius 3 is 2.22 bits per heavy atom. The summed E-state index contributed by atoms with van der Waals surface area (Å²) in [4.78, 5) is 32.9. The predicted octanol–water partition coefficient (Wildman–Crippen LogP) is -0.0790. The molecule has 0 aromatic heterocycles. The molecular weight excluding hydrogens is 238 g/mol. The van der Waals surface area contributed by atoms with Crippen molar-refractivity contribution < 1.29 is 19.5 Å². The predicted molar refractivity (Wildman–Crippen MR) is 66.1 cm³/mol. The Morgan fingerprint density at radius 2 is 1.72 bits per heavy atom. The van der Waals surface area contributed by atoms with Crippen LogP contribution in [0, 0.1) is 5.92 Å². The molecule has 0 radical (unpaired) electrons. The number of rotatable bonds is 7. The van der Waals surface area contributed by atoms with Crippen LogP contribution in [0.2, 0.25) is 0 Å². The van der Waals surface area contributed by atoms with E-state index in [1.54, 1.807) is 6.92 Å². The number of urea groups is 1. The van der Waals surface area contributed by atoms with Gasteiger partial charge in [-0.15, -0.1) is 0 Å². The molecule has 0 aliphatic rings. The minimum absolute atomic E-state index is 0.0266. The summed E-state index contributed by atoms with van der Waals surface area (Å²) in [5, 5.41) is 16.1. The van der Waals surface area contributed by atoms with Gasteiger partial charge in [-0.3, -0.25) is 9.59 Å². The fourth-order valence-electron chi connectivity index (χ4n) is 1.12. The van der Waals surface area contributed by atoms with Crippen LogP contribution in [0.3, 0.4) is 0 Å². The van der Waals surface area contributed by atoms with E-state index in [1.165, 1.54) is 0 Å². The van der Waals surface area contributed by atoms with Crippen LogP contribution in [-0.4, -0.2) is 42.1 Å². The molecular formula is C11H21N3O4. The van der Waals surface area contributed by atoms with E-state index in [4.69, 9.17) is 5.11 Å². The van der Waals surface area contributed by atoms with Gasteiger partial charge in [-0.1, -0.05) is 6.92 Å². The molecule has 18 heavy (non-hydrogen) atoms. The Kier molecular flexibility index (Phi) is 7.50. The van der Waals surface area contributed by atoms with Gasteiger partial charge in [-0.2, -0.15) is 0 Å². The zero-order chi connectivity index (χ0) is 14.1. The summed E-state index contributed by atoms with van der Waals surface area (Å²) in [6.45, 7) is 5.37. The Balaban J connectivity index is 3.66. The van der Waals surface area contributed by atoms with Gasteiger partial charge in [0.1, 0.15) is 0 Å². The second-order valence-electron chi connectivity index (χ2n) is 4.36.